The minimum Gasteiger partial charge on any atom is -0.462 e. The first-order chi connectivity index (χ1) is 6.81. The molecule has 0 spiro atoms. The standard InChI is InChI=1S/C12H16O2/c1-2-3-6-14-12(13)11-8-9-4-5-10(11)7-9/h4-5,8-10H,2-3,6-7H2,1H3. The van der Waals surface area contributed by atoms with Gasteiger partial charge in [-0.2, -0.15) is 0 Å². The number of rotatable bonds is 4. The topological polar surface area (TPSA) is 26.3 Å². The first-order valence-corrected chi connectivity index (χ1v) is 5.38. The molecular formula is C12H16O2. The lowest BCUT2D eigenvalue weighted by Crippen LogP contribution is -2.12. The van der Waals surface area contributed by atoms with Crippen LogP contribution in [0.15, 0.2) is 23.8 Å². The zero-order chi connectivity index (χ0) is 9.97. The van der Waals surface area contributed by atoms with Crippen molar-refractivity contribution in [2.24, 2.45) is 11.8 Å². The molecule has 0 radical (unpaired) electrons. The van der Waals surface area contributed by atoms with Crippen molar-refractivity contribution in [3.63, 3.8) is 0 Å². The Morgan fingerprint density at radius 1 is 1.57 bits per heavy atom. The number of hydrogen-bond donors (Lipinski definition) is 0. The van der Waals surface area contributed by atoms with E-state index in [-0.39, 0.29) is 5.97 Å². The average molecular weight is 192 g/mol. The maximum absolute atomic E-state index is 11.6. The summed E-state index contributed by atoms with van der Waals surface area (Å²) in [4.78, 5) is 11.6. The van der Waals surface area contributed by atoms with E-state index in [1.165, 1.54) is 0 Å². The average Bonchev–Trinajstić information content (AvgIpc) is 2.79. The molecule has 0 aromatic heterocycles. The summed E-state index contributed by atoms with van der Waals surface area (Å²) in [6.07, 6.45) is 9.47. The molecule has 2 rings (SSSR count). The molecular weight excluding hydrogens is 176 g/mol. The molecule has 2 nitrogen and oxygen atoms in total. The fraction of sp³-hybridized carbons (Fsp3) is 0.583. The van der Waals surface area contributed by atoms with E-state index in [4.69, 9.17) is 4.74 Å². The fourth-order valence-corrected chi connectivity index (χ4v) is 2.05. The number of ether oxygens (including phenoxy) is 1. The van der Waals surface area contributed by atoms with Crippen molar-refractivity contribution >= 4 is 5.97 Å². The van der Waals surface area contributed by atoms with E-state index in [0.717, 1.165) is 24.8 Å². The van der Waals surface area contributed by atoms with Crippen LogP contribution in [0, 0.1) is 11.8 Å². The second-order valence-electron chi connectivity index (χ2n) is 4.00. The molecule has 0 aromatic carbocycles. The number of fused-ring (bicyclic) bond motifs is 2. The van der Waals surface area contributed by atoms with Gasteiger partial charge in [0.1, 0.15) is 0 Å². The van der Waals surface area contributed by atoms with Gasteiger partial charge in [0, 0.05) is 11.5 Å². The van der Waals surface area contributed by atoms with Crippen molar-refractivity contribution in [1.82, 2.24) is 0 Å². The van der Waals surface area contributed by atoms with E-state index < -0.39 is 0 Å². The lowest BCUT2D eigenvalue weighted by Gasteiger charge is -2.09. The Morgan fingerprint density at radius 2 is 2.43 bits per heavy atom. The quantitative estimate of drug-likeness (QED) is 0.388. The van der Waals surface area contributed by atoms with Crippen LogP contribution >= 0.6 is 0 Å². The van der Waals surface area contributed by atoms with Crippen LogP contribution in [0.25, 0.3) is 0 Å². The van der Waals surface area contributed by atoms with E-state index in [1.54, 1.807) is 0 Å². The van der Waals surface area contributed by atoms with Gasteiger partial charge >= 0.3 is 5.97 Å². The summed E-state index contributed by atoms with van der Waals surface area (Å²) in [7, 11) is 0. The SMILES string of the molecule is CCCCOC(=O)C1=CC2C=CC1C2. The number of carbonyl (C=O) groups is 1. The molecule has 0 aliphatic heterocycles. The lowest BCUT2D eigenvalue weighted by atomic mass is 10.0. The molecule has 2 aliphatic rings. The summed E-state index contributed by atoms with van der Waals surface area (Å²) in [5.41, 5.74) is 0.883. The lowest BCUT2D eigenvalue weighted by molar-refractivity contribution is -0.139. The molecule has 0 saturated heterocycles. The highest BCUT2D eigenvalue weighted by molar-refractivity contribution is 5.90. The van der Waals surface area contributed by atoms with E-state index in [2.05, 4.69) is 25.2 Å². The predicted octanol–water partition coefficient (Wildman–Crippen LogP) is 2.46. The normalized spacial score (nSPS) is 27.9. The van der Waals surface area contributed by atoms with Gasteiger partial charge in [0.25, 0.3) is 0 Å². The Labute approximate surface area is 84.6 Å². The first-order valence-electron chi connectivity index (χ1n) is 5.38. The zero-order valence-electron chi connectivity index (χ0n) is 8.53. The highest BCUT2D eigenvalue weighted by atomic mass is 16.5. The van der Waals surface area contributed by atoms with E-state index in [1.807, 2.05) is 0 Å². The summed E-state index contributed by atoms with van der Waals surface area (Å²) >= 11 is 0. The van der Waals surface area contributed by atoms with Crippen LogP contribution in [-0.2, 0) is 9.53 Å². The monoisotopic (exact) mass is 192 g/mol. The number of carbonyl (C=O) groups excluding carboxylic acids is 1. The Hall–Kier alpha value is -1.05. The molecule has 0 fully saturated rings. The number of unbranched alkanes of at least 4 members (excludes halogenated alkanes) is 1. The van der Waals surface area contributed by atoms with Gasteiger partial charge in [-0.1, -0.05) is 31.6 Å². The maximum atomic E-state index is 11.6. The van der Waals surface area contributed by atoms with Gasteiger partial charge in [0.05, 0.1) is 6.61 Å². The smallest absolute Gasteiger partial charge is 0.334 e. The van der Waals surface area contributed by atoms with Gasteiger partial charge in [-0.25, -0.2) is 4.79 Å². The van der Waals surface area contributed by atoms with Crippen LogP contribution < -0.4 is 0 Å². The van der Waals surface area contributed by atoms with Crippen molar-refractivity contribution in [2.45, 2.75) is 26.2 Å². The predicted molar refractivity (Wildman–Crippen MR) is 54.7 cm³/mol. The number of hydrogen-bond acceptors (Lipinski definition) is 2. The summed E-state index contributed by atoms with van der Waals surface area (Å²) in [5.74, 6) is 0.734. The molecule has 0 aromatic rings. The molecule has 2 unspecified atom stereocenters. The minimum absolute atomic E-state index is 0.102. The Kier molecular flexibility index (Phi) is 2.71. The van der Waals surface area contributed by atoms with Gasteiger partial charge in [0.2, 0.25) is 0 Å². The van der Waals surface area contributed by atoms with Crippen LogP contribution in [0.1, 0.15) is 26.2 Å². The maximum Gasteiger partial charge on any atom is 0.334 e. The molecule has 2 heteroatoms. The van der Waals surface area contributed by atoms with Crippen molar-refractivity contribution in [1.29, 1.82) is 0 Å². The minimum atomic E-state index is -0.102. The highest BCUT2D eigenvalue weighted by Gasteiger charge is 2.32. The Morgan fingerprint density at radius 3 is 3.00 bits per heavy atom. The summed E-state index contributed by atoms with van der Waals surface area (Å²) < 4.78 is 5.18. The third-order valence-electron chi connectivity index (χ3n) is 2.88. The molecule has 76 valence electrons. The molecule has 2 aliphatic carbocycles. The van der Waals surface area contributed by atoms with Gasteiger partial charge < -0.3 is 4.74 Å². The fourth-order valence-electron chi connectivity index (χ4n) is 2.05. The zero-order valence-corrected chi connectivity index (χ0v) is 8.53. The number of esters is 1. The molecule has 14 heavy (non-hydrogen) atoms. The van der Waals surface area contributed by atoms with E-state index in [9.17, 15) is 4.79 Å². The Balaban J connectivity index is 1.85. The van der Waals surface area contributed by atoms with Gasteiger partial charge in [-0.3, -0.25) is 0 Å². The first kappa shape index (κ1) is 9.50. The molecule has 0 saturated carbocycles. The largest absolute Gasteiger partial charge is 0.462 e. The van der Waals surface area contributed by atoms with Crippen molar-refractivity contribution < 1.29 is 9.53 Å². The second-order valence-corrected chi connectivity index (χ2v) is 4.00. The van der Waals surface area contributed by atoms with E-state index in [0.29, 0.717) is 18.4 Å². The van der Waals surface area contributed by atoms with Crippen LogP contribution in [0.3, 0.4) is 0 Å². The van der Waals surface area contributed by atoms with Crippen molar-refractivity contribution in [3.8, 4) is 0 Å². The van der Waals surface area contributed by atoms with Crippen LogP contribution in [0.5, 0.6) is 0 Å². The van der Waals surface area contributed by atoms with Gasteiger partial charge in [0.15, 0.2) is 0 Å². The van der Waals surface area contributed by atoms with Gasteiger partial charge in [-0.05, 0) is 18.8 Å². The molecule has 0 N–H and O–H groups in total. The molecule has 0 heterocycles. The third-order valence-corrected chi connectivity index (χ3v) is 2.88. The highest BCUT2D eigenvalue weighted by Crippen LogP contribution is 2.38. The molecule has 0 amide bonds. The van der Waals surface area contributed by atoms with Crippen LogP contribution in [0.2, 0.25) is 0 Å². The summed E-state index contributed by atoms with van der Waals surface area (Å²) in [6, 6.07) is 0. The van der Waals surface area contributed by atoms with Gasteiger partial charge in [-0.15, -0.1) is 0 Å². The number of allylic oxidation sites excluding steroid dienone is 3. The third kappa shape index (κ3) is 1.74. The molecule has 2 atom stereocenters. The van der Waals surface area contributed by atoms with Crippen LogP contribution in [-0.4, -0.2) is 12.6 Å². The summed E-state index contributed by atoms with van der Waals surface area (Å²) in [6.45, 7) is 2.65. The summed E-state index contributed by atoms with van der Waals surface area (Å²) in [5, 5.41) is 0. The van der Waals surface area contributed by atoms with Crippen molar-refractivity contribution in [3.05, 3.63) is 23.8 Å². The second kappa shape index (κ2) is 3.99. The van der Waals surface area contributed by atoms with Crippen molar-refractivity contribution in [2.75, 3.05) is 6.61 Å². The van der Waals surface area contributed by atoms with E-state index >= 15 is 0 Å². The Bertz CT molecular complexity index is 289. The van der Waals surface area contributed by atoms with Crippen LogP contribution in [0.4, 0.5) is 0 Å². The molecule has 2 bridgehead atoms.